The molecule has 0 spiro atoms. The van der Waals surface area contributed by atoms with Gasteiger partial charge in [-0.05, 0) is 30.9 Å². The molecule has 148 valence electrons. The number of carbonyl (C=O) groups is 2. The summed E-state index contributed by atoms with van der Waals surface area (Å²) in [5.74, 6) is 1.47. The largest absolute Gasteiger partial charge is 0.345 e. The third kappa shape index (κ3) is 3.72. The fourth-order valence-corrected chi connectivity index (χ4v) is 3.78. The van der Waals surface area contributed by atoms with Crippen LogP contribution >= 0.6 is 0 Å². The molecule has 2 aromatic heterocycles. The quantitative estimate of drug-likeness (QED) is 0.805. The highest BCUT2D eigenvalue weighted by Gasteiger charge is 2.27. The van der Waals surface area contributed by atoms with E-state index in [1.54, 1.807) is 22.0 Å². The van der Waals surface area contributed by atoms with Gasteiger partial charge in [0, 0.05) is 45.6 Å². The number of pyridine rings is 1. The molecular formula is C20H26N6O2. The Morgan fingerprint density at radius 1 is 1.11 bits per heavy atom. The summed E-state index contributed by atoms with van der Waals surface area (Å²) in [6.07, 6.45) is 7.29. The van der Waals surface area contributed by atoms with Crippen LogP contribution < -0.4 is 9.80 Å². The Hall–Kier alpha value is -2.90. The van der Waals surface area contributed by atoms with Crippen molar-refractivity contribution in [2.24, 2.45) is 13.0 Å². The number of aryl methyl sites for hydroxylation is 1. The Morgan fingerprint density at radius 3 is 2.50 bits per heavy atom. The van der Waals surface area contributed by atoms with Gasteiger partial charge in [-0.15, -0.1) is 0 Å². The number of piperidine rings is 1. The average Bonchev–Trinajstić information content (AvgIpc) is 3.14. The predicted octanol–water partition coefficient (Wildman–Crippen LogP) is 1.54. The van der Waals surface area contributed by atoms with E-state index in [9.17, 15) is 9.59 Å². The molecule has 0 unspecified atom stereocenters. The van der Waals surface area contributed by atoms with Gasteiger partial charge in [-0.3, -0.25) is 14.3 Å². The second-order valence-electron chi connectivity index (χ2n) is 7.72. The van der Waals surface area contributed by atoms with Crippen molar-refractivity contribution in [2.45, 2.75) is 19.8 Å². The number of carbonyl (C=O) groups excluding carboxylic acids is 2. The SMILES string of the molecule is CC1CCN(C(=O)c2ccc(N3CCN(c4cnn(C)c4)C(=O)C3)nc2)CC1. The number of rotatable bonds is 3. The van der Waals surface area contributed by atoms with Gasteiger partial charge in [0.25, 0.3) is 5.91 Å². The van der Waals surface area contributed by atoms with Crippen LogP contribution in [0.2, 0.25) is 0 Å². The van der Waals surface area contributed by atoms with Crippen LogP contribution in [0.3, 0.4) is 0 Å². The van der Waals surface area contributed by atoms with Gasteiger partial charge in [-0.2, -0.15) is 5.10 Å². The molecule has 0 N–H and O–H groups in total. The molecule has 2 amide bonds. The molecule has 0 saturated carbocycles. The molecule has 2 aromatic rings. The number of hydrogen-bond donors (Lipinski definition) is 0. The second-order valence-corrected chi connectivity index (χ2v) is 7.72. The maximum absolute atomic E-state index is 12.7. The Bertz CT molecular complexity index is 854. The van der Waals surface area contributed by atoms with E-state index in [2.05, 4.69) is 17.0 Å². The van der Waals surface area contributed by atoms with E-state index < -0.39 is 0 Å². The van der Waals surface area contributed by atoms with Gasteiger partial charge in [0.1, 0.15) is 5.82 Å². The van der Waals surface area contributed by atoms with E-state index in [-0.39, 0.29) is 18.4 Å². The summed E-state index contributed by atoms with van der Waals surface area (Å²) in [6.45, 7) is 5.38. The molecule has 2 saturated heterocycles. The first-order valence-electron chi connectivity index (χ1n) is 9.80. The first kappa shape index (κ1) is 18.5. The molecule has 0 radical (unpaired) electrons. The number of nitrogens with zero attached hydrogens (tertiary/aromatic N) is 6. The molecule has 8 nitrogen and oxygen atoms in total. The fraction of sp³-hybridized carbons (Fsp3) is 0.500. The summed E-state index contributed by atoms with van der Waals surface area (Å²) in [5.41, 5.74) is 1.43. The third-order valence-corrected chi connectivity index (χ3v) is 5.61. The number of hydrogen-bond acceptors (Lipinski definition) is 5. The monoisotopic (exact) mass is 382 g/mol. The molecule has 4 heterocycles. The van der Waals surface area contributed by atoms with Gasteiger partial charge in [-0.25, -0.2) is 4.98 Å². The van der Waals surface area contributed by atoms with Crippen molar-refractivity contribution in [3.63, 3.8) is 0 Å². The highest BCUT2D eigenvalue weighted by Crippen LogP contribution is 2.21. The lowest BCUT2D eigenvalue weighted by Crippen LogP contribution is -2.50. The summed E-state index contributed by atoms with van der Waals surface area (Å²) >= 11 is 0. The van der Waals surface area contributed by atoms with Crippen molar-refractivity contribution in [3.8, 4) is 0 Å². The van der Waals surface area contributed by atoms with Gasteiger partial charge >= 0.3 is 0 Å². The van der Waals surface area contributed by atoms with E-state index in [4.69, 9.17) is 0 Å². The van der Waals surface area contributed by atoms with Crippen LogP contribution in [0.1, 0.15) is 30.1 Å². The summed E-state index contributed by atoms with van der Waals surface area (Å²) in [5, 5.41) is 4.13. The lowest BCUT2D eigenvalue weighted by molar-refractivity contribution is -0.117. The molecule has 2 aliphatic heterocycles. The van der Waals surface area contributed by atoms with E-state index in [1.807, 2.05) is 35.2 Å². The maximum atomic E-state index is 12.7. The lowest BCUT2D eigenvalue weighted by atomic mass is 9.99. The second kappa shape index (κ2) is 7.61. The molecule has 0 bridgehead atoms. The smallest absolute Gasteiger partial charge is 0.255 e. The van der Waals surface area contributed by atoms with Crippen LogP contribution in [0, 0.1) is 5.92 Å². The standard InChI is InChI=1S/C20H26N6O2/c1-15-5-7-24(8-6-15)20(28)16-3-4-18(21-11-16)25-9-10-26(19(27)14-25)17-12-22-23(2)13-17/h3-4,11-13,15H,5-10,14H2,1-2H3. The summed E-state index contributed by atoms with van der Waals surface area (Å²) in [7, 11) is 1.83. The molecule has 8 heteroatoms. The highest BCUT2D eigenvalue weighted by atomic mass is 16.2. The zero-order valence-electron chi connectivity index (χ0n) is 16.4. The van der Waals surface area contributed by atoms with Crippen LogP contribution in [-0.2, 0) is 11.8 Å². The molecule has 0 atom stereocenters. The van der Waals surface area contributed by atoms with Gasteiger partial charge in [0.05, 0.1) is 24.0 Å². The summed E-state index contributed by atoms with van der Waals surface area (Å²) in [6, 6.07) is 3.66. The van der Waals surface area contributed by atoms with Crippen LogP contribution in [0.4, 0.5) is 11.5 Å². The van der Waals surface area contributed by atoms with Crippen LogP contribution in [-0.4, -0.2) is 64.2 Å². The molecule has 0 aliphatic carbocycles. The fourth-order valence-electron chi connectivity index (χ4n) is 3.78. The zero-order chi connectivity index (χ0) is 19.7. The van der Waals surface area contributed by atoms with Crippen LogP contribution in [0.25, 0.3) is 0 Å². The Morgan fingerprint density at radius 2 is 1.89 bits per heavy atom. The van der Waals surface area contributed by atoms with Crippen LogP contribution in [0.15, 0.2) is 30.7 Å². The van der Waals surface area contributed by atoms with E-state index >= 15 is 0 Å². The minimum atomic E-state index is 0.0173. The highest BCUT2D eigenvalue weighted by molar-refractivity contribution is 5.97. The van der Waals surface area contributed by atoms with E-state index in [1.165, 1.54) is 0 Å². The van der Waals surface area contributed by atoms with Crippen molar-refractivity contribution in [1.29, 1.82) is 0 Å². The number of likely N-dealkylation sites (tertiary alicyclic amines) is 1. The van der Waals surface area contributed by atoms with Gasteiger partial charge in [0.15, 0.2) is 0 Å². The van der Waals surface area contributed by atoms with Crippen molar-refractivity contribution in [3.05, 3.63) is 36.3 Å². The normalized spacial score (nSPS) is 18.6. The average molecular weight is 382 g/mol. The minimum Gasteiger partial charge on any atom is -0.345 e. The van der Waals surface area contributed by atoms with E-state index in [0.29, 0.717) is 24.6 Å². The number of aromatic nitrogens is 3. The molecule has 0 aromatic carbocycles. The van der Waals surface area contributed by atoms with Gasteiger partial charge in [0.2, 0.25) is 5.91 Å². The van der Waals surface area contributed by atoms with Crippen molar-refractivity contribution >= 4 is 23.3 Å². The molecule has 2 fully saturated rings. The zero-order valence-corrected chi connectivity index (χ0v) is 16.4. The third-order valence-electron chi connectivity index (χ3n) is 5.61. The van der Waals surface area contributed by atoms with Gasteiger partial charge in [-0.1, -0.05) is 6.92 Å². The maximum Gasteiger partial charge on any atom is 0.255 e. The molecule has 2 aliphatic rings. The number of amides is 2. The lowest BCUT2D eigenvalue weighted by Gasteiger charge is -2.34. The Kier molecular flexibility index (Phi) is 5.02. The van der Waals surface area contributed by atoms with E-state index in [0.717, 1.165) is 37.4 Å². The first-order valence-corrected chi connectivity index (χ1v) is 9.80. The predicted molar refractivity (Wildman–Crippen MR) is 106 cm³/mol. The van der Waals surface area contributed by atoms with Crippen molar-refractivity contribution in [1.82, 2.24) is 19.7 Å². The number of anilines is 2. The number of piperazine rings is 1. The first-order chi connectivity index (χ1) is 13.5. The van der Waals surface area contributed by atoms with Crippen LogP contribution in [0.5, 0.6) is 0 Å². The van der Waals surface area contributed by atoms with Gasteiger partial charge < -0.3 is 14.7 Å². The Balaban J connectivity index is 1.39. The van der Waals surface area contributed by atoms with Crippen molar-refractivity contribution in [2.75, 3.05) is 42.5 Å². The van der Waals surface area contributed by atoms with Crippen molar-refractivity contribution < 1.29 is 9.59 Å². The summed E-state index contributed by atoms with van der Waals surface area (Å²) in [4.78, 5) is 35.3. The summed E-state index contributed by atoms with van der Waals surface area (Å²) < 4.78 is 1.69. The Labute approximate surface area is 164 Å². The molecule has 4 rings (SSSR count). The minimum absolute atomic E-state index is 0.0173. The molecule has 28 heavy (non-hydrogen) atoms. The molecular weight excluding hydrogens is 356 g/mol. The topological polar surface area (TPSA) is 74.6 Å².